The van der Waals surface area contributed by atoms with Crippen LogP contribution in [0.5, 0.6) is 0 Å². The molecule has 0 amide bonds. The number of hydrogen-bond acceptors (Lipinski definition) is 4. The van der Waals surface area contributed by atoms with E-state index in [1.54, 1.807) is 6.08 Å². The van der Waals surface area contributed by atoms with Gasteiger partial charge in [-0.2, -0.15) is 0 Å². The van der Waals surface area contributed by atoms with Gasteiger partial charge in [-0.1, -0.05) is 32.4 Å². The van der Waals surface area contributed by atoms with E-state index >= 15 is 0 Å². The summed E-state index contributed by atoms with van der Waals surface area (Å²) in [6.07, 6.45) is 7.95. The number of halogens is 1. The second-order valence-electron chi connectivity index (χ2n) is 10.4. The Balaban J connectivity index is 1.63. The van der Waals surface area contributed by atoms with Gasteiger partial charge in [0.15, 0.2) is 11.6 Å². The first-order chi connectivity index (χ1) is 13.1. The molecule has 152 valence electrons. The Morgan fingerprint density at radius 3 is 2.68 bits per heavy atom. The molecule has 9 atom stereocenters. The number of alkyl halides is 1. The topological polar surface area (TPSA) is 66.9 Å². The zero-order chi connectivity index (χ0) is 20.3. The SMILES string of the molecule is C[C@@H]1C[C@H]2[C@@H]3C[C@H](C)C4=CC(=O)C=C[C@]4(C)[C@@]34O[C@H]4C[C@]2(C)[C@@]1(O)C(=O)CCl. The summed E-state index contributed by atoms with van der Waals surface area (Å²) in [6, 6.07) is 0. The van der Waals surface area contributed by atoms with Crippen molar-refractivity contribution < 1.29 is 19.4 Å². The second-order valence-corrected chi connectivity index (χ2v) is 10.6. The summed E-state index contributed by atoms with van der Waals surface area (Å²) in [5, 5.41) is 11.6. The predicted octanol–water partition coefficient (Wildman–Crippen LogP) is 3.46. The smallest absolute Gasteiger partial charge is 0.179 e. The second kappa shape index (κ2) is 5.39. The monoisotopic (exact) mass is 404 g/mol. The first-order valence-electron chi connectivity index (χ1n) is 10.5. The molecule has 0 unspecified atom stereocenters. The number of epoxide rings is 1. The summed E-state index contributed by atoms with van der Waals surface area (Å²) in [5.74, 6) is 0.260. The van der Waals surface area contributed by atoms with Gasteiger partial charge in [-0.15, -0.1) is 11.6 Å². The summed E-state index contributed by atoms with van der Waals surface area (Å²) in [4.78, 5) is 24.9. The number of hydrogen-bond donors (Lipinski definition) is 1. The average Bonchev–Trinajstić information content (AvgIpc) is 3.34. The highest BCUT2D eigenvalue weighted by molar-refractivity contribution is 6.29. The summed E-state index contributed by atoms with van der Waals surface area (Å²) in [5.41, 5.74) is -1.35. The minimum Gasteiger partial charge on any atom is -0.381 e. The van der Waals surface area contributed by atoms with Crippen molar-refractivity contribution in [3.63, 3.8) is 0 Å². The van der Waals surface area contributed by atoms with E-state index in [-0.39, 0.29) is 58.2 Å². The number of ketones is 2. The van der Waals surface area contributed by atoms with Gasteiger partial charge in [0.25, 0.3) is 0 Å². The van der Waals surface area contributed by atoms with E-state index in [4.69, 9.17) is 16.3 Å². The number of ether oxygens (including phenoxy) is 1. The van der Waals surface area contributed by atoms with Gasteiger partial charge in [0, 0.05) is 10.8 Å². The number of Topliss-reactive ketones (excluding diaryl/α,β-unsaturated/α-hetero) is 1. The van der Waals surface area contributed by atoms with E-state index < -0.39 is 11.0 Å². The van der Waals surface area contributed by atoms with Gasteiger partial charge in [-0.25, -0.2) is 0 Å². The summed E-state index contributed by atoms with van der Waals surface area (Å²) in [7, 11) is 0. The zero-order valence-electron chi connectivity index (χ0n) is 17.0. The van der Waals surface area contributed by atoms with Crippen molar-refractivity contribution in [2.45, 2.75) is 64.3 Å². The number of fused-ring (bicyclic) bond motifs is 3. The normalized spacial score (nSPS) is 56.3. The van der Waals surface area contributed by atoms with Gasteiger partial charge in [-0.05, 0) is 62.0 Å². The Kier molecular flexibility index (Phi) is 3.66. The molecule has 1 N–H and O–H groups in total. The van der Waals surface area contributed by atoms with Gasteiger partial charge in [-0.3, -0.25) is 9.59 Å². The summed E-state index contributed by atoms with van der Waals surface area (Å²) < 4.78 is 6.51. The molecule has 0 aromatic heterocycles. The standard InChI is InChI=1S/C23H29ClO4/c1-12-7-17-16-8-13(2)22(27,18(26)11-24)21(16,4)10-19-23(17,28-19)20(3)6-5-14(25)9-15(12)20/h5-6,9,12-13,16-17,19,27H,7-8,10-11H2,1-4H3/t12-,13+,16-,17-,19-,20-,21-,22-,23+/m0/s1. The fourth-order valence-corrected chi connectivity index (χ4v) is 8.27. The minimum absolute atomic E-state index is 0.00236. The molecule has 1 saturated heterocycles. The minimum atomic E-state index is -1.39. The Morgan fingerprint density at radius 1 is 1.29 bits per heavy atom. The lowest BCUT2D eigenvalue weighted by molar-refractivity contribution is -0.160. The van der Waals surface area contributed by atoms with Gasteiger partial charge < -0.3 is 9.84 Å². The molecule has 4 fully saturated rings. The van der Waals surface area contributed by atoms with E-state index in [2.05, 4.69) is 26.8 Å². The molecule has 0 bridgehead atoms. The van der Waals surface area contributed by atoms with Crippen molar-refractivity contribution in [2.75, 3.05) is 5.88 Å². The van der Waals surface area contributed by atoms with Gasteiger partial charge in [0.05, 0.1) is 12.0 Å². The largest absolute Gasteiger partial charge is 0.381 e. The third-order valence-corrected chi connectivity index (χ3v) is 9.63. The third-order valence-electron chi connectivity index (χ3n) is 9.39. The Hall–Kier alpha value is -0.970. The van der Waals surface area contributed by atoms with E-state index in [1.165, 1.54) is 5.57 Å². The molecule has 5 aliphatic rings. The van der Waals surface area contributed by atoms with Crippen LogP contribution in [0.15, 0.2) is 23.8 Å². The molecule has 4 nitrogen and oxygen atoms in total. The van der Waals surface area contributed by atoms with Gasteiger partial charge in [0.2, 0.25) is 0 Å². The van der Waals surface area contributed by atoms with Gasteiger partial charge >= 0.3 is 0 Å². The number of allylic oxidation sites excluding steroid dienone is 2. The molecular formula is C23H29ClO4. The van der Waals surface area contributed by atoms with Crippen LogP contribution in [-0.4, -0.2) is 39.9 Å². The fraction of sp³-hybridized carbons (Fsp3) is 0.739. The zero-order valence-corrected chi connectivity index (χ0v) is 17.8. The molecule has 1 spiro atoms. The third kappa shape index (κ3) is 1.82. The predicted molar refractivity (Wildman–Crippen MR) is 106 cm³/mol. The summed E-state index contributed by atoms with van der Waals surface area (Å²) in [6.45, 7) is 8.48. The molecular weight excluding hydrogens is 376 g/mol. The maximum Gasteiger partial charge on any atom is 0.179 e. The Morgan fingerprint density at radius 2 is 2.00 bits per heavy atom. The van der Waals surface area contributed by atoms with E-state index in [9.17, 15) is 14.7 Å². The van der Waals surface area contributed by atoms with E-state index in [0.717, 1.165) is 12.8 Å². The molecule has 5 rings (SSSR count). The van der Waals surface area contributed by atoms with E-state index in [0.29, 0.717) is 6.42 Å². The van der Waals surface area contributed by atoms with E-state index in [1.807, 2.05) is 13.0 Å². The van der Waals surface area contributed by atoms with Crippen molar-refractivity contribution in [1.29, 1.82) is 0 Å². The molecule has 4 aliphatic carbocycles. The number of carbonyl (C=O) groups excluding carboxylic acids is 2. The maximum atomic E-state index is 12.8. The number of rotatable bonds is 2. The Bertz CT molecular complexity index is 848. The van der Waals surface area contributed by atoms with Crippen molar-refractivity contribution in [3.05, 3.63) is 23.8 Å². The summed E-state index contributed by atoms with van der Waals surface area (Å²) >= 11 is 5.92. The van der Waals surface area contributed by atoms with Crippen LogP contribution in [0.1, 0.15) is 47.0 Å². The Labute approximate surface area is 171 Å². The van der Waals surface area contributed by atoms with Crippen molar-refractivity contribution >= 4 is 23.2 Å². The highest BCUT2D eigenvalue weighted by Crippen LogP contribution is 2.77. The quantitative estimate of drug-likeness (QED) is 0.565. The van der Waals surface area contributed by atoms with Crippen molar-refractivity contribution in [2.24, 2.45) is 34.5 Å². The van der Waals surface area contributed by atoms with Crippen LogP contribution in [0.2, 0.25) is 0 Å². The van der Waals surface area contributed by atoms with Crippen LogP contribution in [0.25, 0.3) is 0 Å². The van der Waals surface area contributed by atoms with Crippen molar-refractivity contribution in [1.82, 2.24) is 0 Å². The molecule has 28 heavy (non-hydrogen) atoms. The molecule has 5 heteroatoms. The van der Waals surface area contributed by atoms with Crippen molar-refractivity contribution in [3.8, 4) is 0 Å². The molecule has 0 radical (unpaired) electrons. The average molecular weight is 405 g/mol. The number of carbonyl (C=O) groups is 2. The number of aliphatic hydroxyl groups is 1. The van der Waals surface area contributed by atoms with Crippen LogP contribution in [-0.2, 0) is 14.3 Å². The van der Waals surface area contributed by atoms with Crippen LogP contribution >= 0.6 is 11.6 Å². The lowest BCUT2D eigenvalue weighted by Crippen LogP contribution is -2.62. The highest BCUT2D eigenvalue weighted by Gasteiger charge is 2.82. The van der Waals surface area contributed by atoms with Crippen LogP contribution in [0.3, 0.4) is 0 Å². The highest BCUT2D eigenvalue weighted by atomic mass is 35.5. The lowest BCUT2D eigenvalue weighted by Gasteiger charge is -2.57. The van der Waals surface area contributed by atoms with Crippen LogP contribution in [0, 0.1) is 34.5 Å². The molecule has 3 saturated carbocycles. The first kappa shape index (κ1) is 19.0. The molecule has 0 aromatic carbocycles. The van der Waals surface area contributed by atoms with Crippen LogP contribution in [0.4, 0.5) is 0 Å². The fourth-order valence-electron chi connectivity index (χ4n) is 8.07. The van der Waals surface area contributed by atoms with Crippen LogP contribution < -0.4 is 0 Å². The molecule has 1 aliphatic heterocycles. The molecule has 0 aromatic rings. The first-order valence-corrected chi connectivity index (χ1v) is 11.0. The van der Waals surface area contributed by atoms with Gasteiger partial charge in [0.1, 0.15) is 11.2 Å². The maximum absolute atomic E-state index is 12.8. The lowest BCUT2D eigenvalue weighted by atomic mass is 9.45. The molecule has 1 heterocycles.